The molecule has 0 heterocycles. The number of hydrogen-bond donors (Lipinski definition) is 2. The molecule has 3 heteroatoms. The molecule has 0 amide bonds. The lowest BCUT2D eigenvalue weighted by molar-refractivity contribution is -0.0207. The minimum absolute atomic E-state index is 0.351. The fourth-order valence-electron chi connectivity index (χ4n) is 0.694. The van der Waals surface area contributed by atoms with Crippen molar-refractivity contribution in [3.8, 4) is 0 Å². The van der Waals surface area contributed by atoms with Crippen LogP contribution >= 0.6 is 0 Å². The van der Waals surface area contributed by atoms with Gasteiger partial charge in [-0.3, -0.25) is 0 Å². The molecule has 56 valence electrons. The average Bonchev–Trinajstić information content (AvgIpc) is 1.64. The molecule has 0 bridgehead atoms. The van der Waals surface area contributed by atoms with Gasteiger partial charge in [0.25, 0.3) is 0 Å². The van der Waals surface area contributed by atoms with Crippen molar-refractivity contribution in [3.63, 3.8) is 0 Å². The number of aliphatic hydroxyl groups is 1. The summed E-state index contributed by atoms with van der Waals surface area (Å²) in [5.74, 6) is 0. The molecule has 3 nitrogen and oxygen atoms in total. The zero-order chi connectivity index (χ0) is 7.33. The van der Waals surface area contributed by atoms with Crippen molar-refractivity contribution in [1.29, 1.82) is 0 Å². The summed E-state index contributed by atoms with van der Waals surface area (Å²) in [6.45, 7) is 2.56. The molecule has 0 rings (SSSR count). The first kappa shape index (κ1) is 8.88. The third-order valence-electron chi connectivity index (χ3n) is 1.14. The minimum Gasteiger partial charge on any atom is -0.388 e. The normalized spacial score (nSPS) is 17.3. The lowest BCUT2D eigenvalue weighted by Crippen LogP contribution is -2.32. The Bertz CT molecular complexity index is 65.5. The fourth-order valence-corrected chi connectivity index (χ4v) is 0.694. The summed E-state index contributed by atoms with van der Waals surface area (Å²) in [6.07, 6.45) is 0.584. The molecule has 9 heavy (non-hydrogen) atoms. The predicted molar refractivity (Wildman–Crippen MR) is 36.2 cm³/mol. The van der Waals surface area contributed by atoms with Gasteiger partial charge in [-0.05, 0) is 19.9 Å². The summed E-state index contributed by atoms with van der Waals surface area (Å²) in [6, 6.07) is 0. The molecule has 0 fully saturated rings. The predicted octanol–water partition coefficient (Wildman–Crippen LogP) is -0.267. The quantitative estimate of drug-likeness (QED) is 0.555. The highest BCUT2D eigenvalue weighted by atomic mass is 16.5. The first-order valence-corrected chi connectivity index (χ1v) is 3.04. The Morgan fingerprint density at radius 3 is 2.56 bits per heavy atom. The van der Waals surface area contributed by atoms with Crippen molar-refractivity contribution in [1.82, 2.24) is 0 Å². The van der Waals surface area contributed by atoms with Crippen LogP contribution in [0.4, 0.5) is 0 Å². The number of ether oxygens (including phenoxy) is 1. The maximum Gasteiger partial charge on any atom is 0.0864 e. The van der Waals surface area contributed by atoms with E-state index in [1.165, 1.54) is 0 Å². The SMILES string of the molecule is COC[C@@](C)(O)CCN. The molecule has 0 radical (unpaired) electrons. The van der Waals surface area contributed by atoms with E-state index in [4.69, 9.17) is 10.5 Å². The molecule has 0 unspecified atom stereocenters. The average molecular weight is 133 g/mol. The maximum absolute atomic E-state index is 9.31. The Balaban J connectivity index is 3.43. The Kier molecular flexibility index (Phi) is 3.77. The third-order valence-corrected chi connectivity index (χ3v) is 1.14. The second kappa shape index (κ2) is 3.82. The number of methoxy groups -OCH3 is 1. The second-order valence-corrected chi connectivity index (χ2v) is 2.47. The monoisotopic (exact) mass is 133 g/mol. The van der Waals surface area contributed by atoms with Crippen molar-refractivity contribution >= 4 is 0 Å². The van der Waals surface area contributed by atoms with Gasteiger partial charge in [0.15, 0.2) is 0 Å². The van der Waals surface area contributed by atoms with Gasteiger partial charge in [0, 0.05) is 7.11 Å². The maximum atomic E-state index is 9.31. The van der Waals surface area contributed by atoms with Crippen LogP contribution in [0.1, 0.15) is 13.3 Å². The van der Waals surface area contributed by atoms with E-state index in [0.717, 1.165) is 0 Å². The van der Waals surface area contributed by atoms with Gasteiger partial charge in [-0.2, -0.15) is 0 Å². The van der Waals surface area contributed by atoms with Gasteiger partial charge >= 0.3 is 0 Å². The number of rotatable bonds is 4. The van der Waals surface area contributed by atoms with Crippen LogP contribution in [0.5, 0.6) is 0 Å². The largest absolute Gasteiger partial charge is 0.388 e. The van der Waals surface area contributed by atoms with Gasteiger partial charge in [0.2, 0.25) is 0 Å². The first-order valence-electron chi connectivity index (χ1n) is 3.04. The molecule has 0 aromatic carbocycles. The molecule has 0 aromatic heterocycles. The molecular formula is C6H15NO2. The summed E-state index contributed by atoms with van der Waals surface area (Å²) >= 11 is 0. The highest BCUT2D eigenvalue weighted by molar-refractivity contribution is 4.71. The summed E-state index contributed by atoms with van der Waals surface area (Å²) in [7, 11) is 1.56. The molecule has 0 aliphatic heterocycles. The standard InChI is InChI=1S/C6H15NO2/c1-6(8,3-4-7)5-9-2/h8H,3-5,7H2,1-2H3/t6-/m0/s1. The molecule has 0 aliphatic rings. The van der Waals surface area contributed by atoms with Crippen LogP contribution in [0.2, 0.25) is 0 Å². The van der Waals surface area contributed by atoms with E-state index >= 15 is 0 Å². The lowest BCUT2D eigenvalue weighted by Gasteiger charge is -2.20. The minimum atomic E-state index is -0.747. The summed E-state index contributed by atoms with van der Waals surface area (Å²) < 4.78 is 4.75. The lowest BCUT2D eigenvalue weighted by atomic mass is 10.0. The molecular weight excluding hydrogens is 118 g/mol. The Labute approximate surface area is 55.8 Å². The smallest absolute Gasteiger partial charge is 0.0864 e. The topological polar surface area (TPSA) is 55.5 Å². The summed E-state index contributed by atoms with van der Waals surface area (Å²) in [5.41, 5.74) is 4.48. The van der Waals surface area contributed by atoms with E-state index < -0.39 is 5.60 Å². The molecule has 0 saturated heterocycles. The van der Waals surface area contributed by atoms with Gasteiger partial charge < -0.3 is 15.6 Å². The molecule has 0 aromatic rings. The first-order chi connectivity index (χ1) is 4.12. The number of hydrogen-bond acceptors (Lipinski definition) is 3. The highest BCUT2D eigenvalue weighted by Gasteiger charge is 2.17. The van der Waals surface area contributed by atoms with Crippen LogP contribution in [0, 0.1) is 0 Å². The molecule has 0 aliphatic carbocycles. The van der Waals surface area contributed by atoms with E-state index in [1.807, 2.05) is 0 Å². The van der Waals surface area contributed by atoms with Crippen LogP contribution in [0.25, 0.3) is 0 Å². The van der Waals surface area contributed by atoms with Crippen LogP contribution in [-0.4, -0.2) is 31.0 Å². The Morgan fingerprint density at radius 1 is 1.67 bits per heavy atom. The summed E-state index contributed by atoms with van der Waals surface area (Å²) in [4.78, 5) is 0. The Hall–Kier alpha value is -0.120. The van der Waals surface area contributed by atoms with Crippen LogP contribution in [0.3, 0.4) is 0 Å². The molecule has 0 saturated carbocycles. The summed E-state index contributed by atoms with van der Waals surface area (Å²) in [5, 5.41) is 9.31. The Morgan fingerprint density at radius 2 is 2.22 bits per heavy atom. The van der Waals surface area contributed by atoms with Crippen LogP contribution in [-0.2, 0) is 4.74 Å². The molecule has 0 spiro atoms. The van der Waals surface area contributed by atoms with Crippen LogP contribution in [0.15, 0.2) is 0 Å². The van der Waals surface area contributed by atoms with Gasteiger partial charge in [-0.15, -0.1) is 0 Å². The third kappa shape index (κ3) is 4.39. The van der Waals surface area contributed by atoms with E-state index in [1.54, 1.807) is 14.0 Å². The van der Waals surface area contributed by atoms with Crippen molar-refractivity contribution in [2.75, 3.05) is 20.3 Å². The van der Waals surface area contributed by atoms with Gasteiger partial charge in [0.05, 0.1) is 12.2 Å². The second-order valence-electron chi connectivity index (χ2n) is 2.47. The van der Waals surface area contributed by atoms with Crippen molar-refractivity contribution in [2.24, 2.45) is 5.73 Å². The zero-order valence-corrected chi connectivity index (χ0v) is 6.05. The van der Waals surface area contributed by atoms with E-state index in [9.17, 15) is 5.11 Å². The van der Waals surface area contributed by atoms with Gasteiger partial charge in [-0.1, -0.05) is 0 Å². The van der Waals surface area contributed by atoms with Crippen molar-refractivity contribution < 1.29 is 9.84 Å². The van der Waals surface area contributed by atoms with Crippen LogP contribution < -0.4 is 5.73 Å². The zero-order valence-electron chi connectivity index (χ0n) is 6.05. The fraction of sp³-hybridized carbons (Fsp3) is 1.00. The van der Waals surface area contributed by atoms with Crippen molar-refractivity contribution in [3.05, 3.63) is 0 Å². The highest BCUT2D eigenvalue weighted by Crippen LogP contribution is 2.06. The van der Waals surface area contributed by atoms with Gasteiger partial charge in [-0.25, -0.2) is 0 Å². The van der Waals surface area contributed by atoms with E-state index in [0.29, 0.717) is 19.6 Å². The number of nitrogens with two attached hydrogens (primary N) is 1. The van der Waals surface area contributed by atoms with E-state index in [2.05, 4.69) is 0 Å². The van der Waals surface area contributed by atoms with E-state index in [-0.39, 0.29) is 0 Å². The van der Waals surface area contributed by atoms with Gasteiger partial charge in [0.1, 0.15) is 0 Å². The molecule has 1 atom stereocenters. The molecule has 3 N–H and O–H groups in total. The van der Waals surface area contributed by atoms with Crippen molar-refractivity contribution in [2.45, 2.75) is 18.9 Å².